The first-order chi connectivity index (χ1) is 9.37. The molecule has 20 heavy (non-hydrogen) atoms. The lowest BCUT2D eigenvalue weighted by Crippen LogP contribution is -2.34. The number of allylic oxidation sites excluding steroid dienone is 2. The molecule has 0 N–H and O–H groups in total. The molecule has 2 nitrogen and oxygen atoms in total. The van der Waals surface area contributed by atoms with Crippen LogP contribution in [0.5, 0.6) is 0 Å². The van der Waals surface area contributed by atoms with Gasteiger partial charge in [0.1, 0.15) is 0 Å². The highest BCUT2D eigenvalue weighted by Gasteiger charge is 2.47. The Morgan fingerprint density at radius 3 is 2.45 bits per heavy atom. The molecular formula is C15H18F2O2S. The monoisotopic (exact) mass is 300 g/mol. The van der Waals surface area contributed by atoms with Gasteiger partial charge in [0.05, 0.1) is 22.8 Å². The fourth-order valence-electron chi connectivity index (χ4n) is 2.28. The summed E-state index contributed by atoms with van der Waals surface area (Å²) in [5.74, 6) is -4.27. The quantitative estimate of drug-likeness (QED) is 0.842. The zero-order valence-corrected chi connectivity index (χ0v) is 12.6. The summed E-state index contributed by atoms with van der Waals surface area (Å²) in [5, 5.41) is 0. The summed E-state index contributed by atoms with van der Waals surface area (Å²) in [5.41, 5.74) is 1.04. The molecule has 1 aromatic carbocycles. The van der Waals surface area contributed by atoms with Crippen molar-refractivity contribution in [3.63, 3.8) is 0 Å². The van der Waals surface area contributed by atoms with Crippen LogP contribution in [0, 0.1) is 12.8 Å². The first kappa shape index (κ1) is 15.2. The first-order valence-corrected chi connectivity index (χ1v) is 7.66. The van der Waals surface area contributed by atoms with E-state index in [1.165, 1.54) is 14.0 Å². The van der Waals surface area contributed by atoms with Crippen LogP contribution in [0.3, 0.4) is 0 Å². The summed E-state index contributed by atoms with van der Waals surface area (Å²) in [6.45, 7) is 3.41. The second-order valence-corrected chi connectivity index (χ2v) is 6.60. The SMILES string of the molecule is COC1=C(S(=O)c2ccc(C)cc2)CC[C@@H](C)C1(F)F. The molecule has 2 rings (SSSR count). The number of ether oxygens (including phenoxy) is 1. The van der Waals surface area contributed by atoms with Gasteiger partial charge in [-0.1, -0.05) is 24.6 Å². The fraction of sp³-hybridized carbons (Fsp3) is 0.467. The van der Waals surface area contributed by atoms with Crippen LogP contribution in [0.25, 0.3) is 0 Å². The van der Waals surface area contributed by atoms with Gasteiger partial charge in [-0.05, 0) is 31.9 Å². The number of halogens is 2. The molecule has 0 aliphatic heterocycles. The molecule has 2 atom stereocenters. The lowest BCUT2D eigenvalue weighted by atomic mass is 9.91. The normalized spacial score (nSPS) is 23.6. The summed E-state index contributed by atoms with van der Waals surface area (Å²) in [6.07, 6.45) is 0.688. The summed E-state index contributed by atoms with van der Waals surface area (Å²) in [7, 11) is -0.379. The molecule has 5 heteroatoms. The third-order valence-corrected chi connectivity index (χ3v) is 5.18. The van der Waals surface area contributed by atoms with Crippen molar-refractivity contribution in [1.29, 1.82) is 0 Å². The van der Waals surface area contributed by atoms with Gasteiger partial charge < -0.3 is 4.74 Å². The van der Waals surface area contributed by atoms with E-state index in [4.69, 9.17) is 4.74 Å². The number of hydrogen-bond acceptors (Lipinski definition) is 2. The van der Waals surface area contributed by atoms with Gasteiger partial charge in [0.15, 0.2) is 5.76 Å². The Labute approximate surface area is 120 Å². The van der Waals surface area contributed by atoms with E-state index in [1.807, 2.05) is 19.1 Å². The highest BCUT2D eigenvalue weighted by Crippen LogP contribution is 2.44. The molecule has 0 saturated carbocycles. The molecule has 1 aromatic rings. The number of hydrogen-bond donors (Lipinski definition) is 0. The van der Waals surface area contributed by atoms with E-state index < -0.39 is 28.4 Å². The van der Waals surface area contributed by atoms with Crippen LogP contribution >= 0.6 is 0 Å². The van der Waals surface area contributed by atoms with Crippen molar-refractivity contribution in [3.8, 4) is 0 Å². The minimum Gasteiger partial charge on any atom is -0.494 e. The van der Waals surface area contributed by atoms with Gasteiger partial charge in [-0.3, -0.25) is 0 Å². The number of aryl methyl sites for hydroxylation is 1. The second-order valence-electron chi connectivity index (χ2n) is 5.10. The predicted octanol–water partition coefficient (Wildman–Crippen LogP) is 4.03. The Bertz CT molecular complexity index is 549. The lowest BCUT2D eigenvalue weighted by molar-refractivity contribution is -0.0661. The number of methoxy groups -OCH3 is 1. The molecule has 1 unspecified atom stereocenters. The molecule has 0 saturated heterocycles. The van der Waals surface area contributed by atoms with E-state index in [0.29, 0.717) is 17.7 Å². The number of rotatable bonds is 3. The molecule has 1 aliphatic rings. The first-order valence-electron chi connectivity index (χ1n) is 6.51. The Morgan fingerprint density at radius 2 is 1.90 bits per heavy atom. The Balaban J connectivity index is 2.44. The average molecular weight is 300 g/mol. The molecule has 0 radical (unpaired) electrons. The van der Waals surface area contributed by atoms with E-state index in [1.54, 1.807) is 12.1 Å². The van der Waals surface area contributed by atoms with E-state index in [2.05, 4.69) is 0 Å². The molecule has 0 amide bonds. The van der Waals surface area contributed by atoms with Crippen LogP contribution in [0.4, 0.5) is 8.78 Å². The van der Waals surface area contributed by atoms with Gasteiger partial charge in [-0.2, -0.15) is 8.78 Å². The minimum absolute atomic E-state index is 0.208. The standard InChI is InChI=1S/C15H18F2O2S/c1-10-4-7-12(8-5-10)20(18)13-9-6-11(2)15(16,17)14(13)19-3/h4-5,7-8,11H,6,9H2,1-3H3/t11-,20?/m1/s1. The van der Waals surface area contributed by atoms with E-state index in [0.717, 1.165) is 5.56 Å². The summed E-state index contributed by atoms with van der Waals surface area (Å²) < 4.78 is 45.7. The van der Waals surface area contributed by atoms with Crippen LogP contribution in [-0.2, 0) is 15.5 Å². The van der Waals surface area contributed by atoms with Gasteiger partial charge in [0.2, 0.25) is 0 Å². The van der Waals surface area contributed by atoms with Crippen LogP contribution < -0.4 is 0 Å². The van der Waals surface area contributed by atoms with Crippen molar-refractivity contribution < 1.29 is 17.7 Å². The van der Waals surface area contributed by atoms with Crippen molar-refractivity contribution in [2.24, 2.45) is 5.92 Å². The maximum absolute atomic E-state index is 14.1. The van der Waals surface area contributed by atoms with Crippen molar-refractivity contribution in [2.45, 2.75) is 37.5 Å². The van der Waals surface area contributed by atoms with Crippen molar-refractivity contribution in [1.82, 2.24) is 0 Å². The van der Waals surface area contributed by atoms with Gasteiger partial charge in [0.25, 0.3) is 0 Å². The molecule has 0 spiro atoms. The molecule has 0 bridgehead atoms. The summed E-state index contributed by atoms with van der Waals surface area (Å²) in [4.78, 5) is 0.741. The summed E-state index contributed by atoms with van der Waals surface area (Å²) in [6, 6.07) is 7.07. The van der Waals surface area contributed by atoms with Gasteiger partial charge in [0, 0.05) is 10.8 Å². The maximum atomic E-state index is 14.1. The number of benzene rings is 1. The minimum atomic E-state index is -3.05. The zero-order chi connectivity index (χ0) is 14.9. The van der Waals surface area contributed by atoms with Crippen LogP contribution in [-0.4, -0.2) is 17.2 Å². The van der Waals surface area contributed by atoms with Crippen LogP contribution in [0.15, 0.2) is 39.8 Å². The average Bonchev–Trinajstić information content (AvgIpc) is 2.41. The molecule has 1 aliphatic carbocycles. The highest BCUT2D eigenvalue weighted by atomic mass is 32.2. The molecular weight excluding hydrogens is 282 g/mol. The van der Waals surface area contributed by atoms with Crippen LogP contribution in [0.1, 0.15) is 25.3 Å². The molecule has 0 fully saturated rings. The topological polar surface area (TPSA) is 26.3 Å². The van der Waals surface area contributed by atoms with Crippen molar-refractivity contribution in [2.75, 3.05) is 7.11 Å². The molecule has 0 aromatic heterocycles. The molecule has 110 valence electrons. The van der Waals surface area contributed by atoms with E-state index in [-0.39, 0.29) is 4.91 Å². The Morgan fingerprint density at radius 1 is 1.30 bits per heavy atom. The Hall–Kier alpha value is -1.23. The fourth-order valence-corrected chi connectivity index (χ4v) is 3.64. The van der Waals surface area contributed by atoms with Gasteiger partial charge in [-0.15, -0.1) is 0 Å². The van der Waals surface area contributed by atoms with E-state index >= 15 is 0 Å². The Kier molecular flexibility index (Phi) is 4.28. The summed E-state index contributed by atoms with van der Waals surface area (Å²) >= 11 is 0. The number of alkyl halides is 2. The van der Waals surface area contributed by atoms with E-state index in [9.17, 15) is 13.0 Å². The van der Waals surface area contributed by atoms with Crippen molar-refractivity contribution in [3.05, 3.63) is 40.5 Å². The highest BCUT2D eigenvalue weighted by molar-refractivity contribution is 7.89. The third-order valence-electron chi connectivity index (χ3n) is 3.64. The van der Waals surface area contributed by atoms with Crippen LogP contribution in [0.2, 0.25) is 0 Å². The third kappa shape index (κ3) is 2.64. The van der Waals surface area contributed by atoms with Crippen molar-refractivity contribution >= 4 is 10.8 Å². The molecule has 0 heterocycles. The lowest BCUT2D eigenvalue weighted by Gasteiger charge is -2.31. The predicted molar refractivity (Wildman–Crippen MR) is 75.0 cm³/mol. The zero-order valence-electron chi connectivity index (χ0n) is 11.8. The smallest absolute Gasteiger partial charge is 0.307 e. The largest absolute Gasteiger partial charge is 0.494 e. The van der Waals surface area contributed by atoms with Gasteiger partial charge >= 0.3 is 5.92 Å². The second kappa shape index (κ2) is 5.64. The maximum Gasteiger partial charge on any atom is 0.307 e. The van der Waals surface area contributed by atoms with Gasteiger partial charge in [-0.25, -0.2) is 4.21 Å².